The predicted octanol–water partition coefficient (Wildman–Crippen LogP) is 1.40. The molecule has 1 fully saturated rings. The number of carbonyl (C=O) groups is 3. The van der Waals surface area contributed by atoms with E-state index < -0.39 is 36.0 Å². The number of ether oxygens (including phenoxy) is 1. The number of hydrogen-bond acceptors (Lipinski definition) is 8. The standard InChI is InChI=1S/C28H32F3N7O4/c29-28(30,31)42-19-7-5-16(6-8-19)11-24(27(41)36-18-12-17-3-1-2-4-23(17)35-13-18)37-26(40)20(32)9-10-25(39)38-14-21(33)22(34)15-38/h1-8,12-13,20-22,24H,9-11,14-15,32-34H2,(H,36,41)(H,37,40). The minimum absolute atomic E-state index is 0.0120. The maximum atomic E-state index is 13.3. The number of fused-ring (bicyclic) bond motifs is 1. The molecule has 0 radical (unpaired) electrons. The number of nitrogens with zero attached hydrogens (tertiary/aromatic N) is 2. The number of para-hydroxylation sites is 1. The van der Waals surface area contributed by atoms with Crippen LogP contribution >= 0.6 is 0 Å². The Hall–Kier alpha value is -4.27. The first kappa shape index (κ1) is 30.7. The number of likely N-dealkylation sites (tertiary alicyclic amines) is 1. The highest BCUT2D eigenvalue weighted by Gasteiger charge is 2.32. The van der Waals surface area contributed by atoms with Crippen molar-refractivity contribution < 1.29 is 32.3 Å². The molecule has 0 saturated carbocycles. The van der Waals surface area contributed by atoms with Gasteiger partial charge in [0, 0.05) is 43.4 Å². The number of carbonyl (C=O) groups excluding carboxylic acids is 3. The fraction of sp³-hybridized carbons (Fsp3) is 0.357. The average molecular weight is 588 g/mol. The lowest BCUT2D eigenvalue weighted by molar-refractivity contribution is -0.274. The minimum atomic E-state index is -4.85. The number of halogens is 3. The van der Waals surface area contributed by atoms with Crippen LogP contribution in [0.15, 0.2) is 60.8 Å². The smallest absolute Gasteiger partial charge is 0.406 e. The molecule has 2 heterocycles. The highest BCUT2D eigenvalue weighted by molar-refractivity contribution is 5.99. The van der Waals surface area contributed by atoms with Gasteiger partial charge in [0.2, 0.25) is 17.7 Å². The van der Waals surface area contributed by atoms with E-state index in [-0.39, 0.29) is 37.3 Å². The molecule has 3 amide bonds. The van der Waals surface area contributed by atoms with Crippen LogP contribution in [0.5, 0.6) is 5.75 Å². The second-order valence-electron chi connectivity index (χ2n) is 10.1. The first-order valence-corrected chi connectivity index (χ1v) is 13.2. The molecule has 0 spiro atoms. The maximum absolute atomic E-state index is 13.3. The Kier molecular flexibility index (Phi) is 9.60. The van der Waals surface area contributed by atoms with E-state index in [0.717, 1.165) is 23.0 Å². The van der Waals surface area contributed by atoms with Crippen molar-refractivity contribution >= 4 is 34.3 Å². The Morgan fingerprint density at radius 3 is 2.36 bits per heavy atom. The molecule has 1 aliphatic rings. The minimum Gasteiger partial charge on any atom is -0.406 e. The van der Waals surface area contributed by atoms with Crippen LogP contribution in [0.1, 0.15) is 18.4 Å². The first-order chi connectivity index (χ1) is 19.9. The second kappa shape index (κ2) is 13.1. The summed E-state index contributed by atoms with van der Waals surface area (Å²) in [5.74, 6) is -1.93. The molecule has 8 N–H and O–H groups in total. The van der Waals surface area contributed by atoms with E-state index >= 15 is 0 Å². The molecule has 4 atom stereocenters. The summed E-state index contributed by atoms with van der Waals surface area (Å²) in [4.78, 5) is 44.7. The molecule has 1 aromatic heterocycles. The van der Waals surface area contributed by atoms with Gasteiger partial charge in [0.15, 0.2) is 0 Å². The van der Waals surface area contributed by atoms with Crippen LogP contribution in [-0.4, -0.2) is 71.2 Å². The Balaban J connectivity index is 1.43. The summed E-state index contributed by atoms with van der Waals surface area (Å²) < 4.78 is 41.5. The molecular formula is C28H32F3N7O4. The first-order valence-electron chi connectivity index (χ1n) is 13.2. The molecule has 11 nitrogen and oxygen atoms in total. The van der Waals surface area contributed by atoms with Gasteiger partial charge in [0.05, 0.1) is 23.4 Å². The summed E-state index contributed by atoms with van der Waals surface area (Å²) in [6.07, 6.45) is -3.46. The van der Waals surface area contributed by atoms with Gasteiger partial charge in [-0.3, -0.25) is 19.4 Å². The summed E-state index contributed by atoms with van der Waals surface area (Å²) in [6.45, 7) is 0.639. The SMILES string of the molecule is NC(CCC(=O)N1CC(N)C(N)C1)C(=O)NC(Cc1ccc(OC(F)(F)F)cc1)C(=O)Nc1cnc2ccccc2c1. The van der Waals surface area contributed by atoms with Crippen molar-refractivity contribution in [1.29, 1.82) is 0 Å². The van der Waals surface area contributed by atoms with E-state index in [4.69, 9.17) is 17.2 Å². The van der Waals surface area contributed by atoms with Crippen molar-refractivity contribution in [2.45, 2.75) is 49.8 Å². The van der Waals surface area contributed by atoms with Crippen LogP contribution in [0.3, 0.4) is 0 Å². The molecule has 2 aromatic carbocycles. The van der Waals surface area contributed by atoms with Gasteiger partial charge in [-0.05, 0) is 36.2 Å². The van der Waals surface area contributed by atoms with Crippen LogP contribution in [0, 0.1) is 0 Å². The maximum Gasteiger partial charge on any atom is 0.573 e. The van der Waals surface area contributed by atoms with Crippen LogP contribution < -0.4 is 32.6 Å². The van der Waals surface area contributed by atoms with Gasteiger partial charge in [-0.25, -0.2) is 0 Å². The van der Waals surface area contributed by atoms with Crippen LogP contribution in [0.2, 0.25) is 0 Å². The lowest BCUT2D eigenvalue weighted by Gasteiger charge is -2.22. The zero-order chi connectivity index (χ0) is 30.4. The monoisotopic (exact) mass is 587 g/mol. The number of nitrogens with two attached hydrogens (primary N) is 3. The molecular weight excluding hydrogens is 555 g/mol. The van der Waals surface area contributed by atoms with Crippen molar-refractivity contribution in [3.63, 3.8) is 0 Å². The Morgan fingerprint density at radius 1 is 1.02 bits per heavy atom. The third kappa shape index (κ3) is 8.38. The van der Waals surface area contributed by atoms with E-state index in [1.807, 2.05) is 24.3 Å². The normalized spacial score (nSPS) is 18.4. The summed E-state index contributed by atoms with van der Waals surface area (Å²) in [5.41, 5.74) is 19.3. The molecule has 0 aliphatic carbocycles. The lowest BCUT2D eigenvalue weighted by atomic mass is 10.0. The summed E-state index contributed by atoms with van der Waals surface area (Å²) in [5, 5.41) is 6.11. The molecule has 3 aromatic rings. The Bertz CT molecular complexity index is 1410. The van der Waals surface area contributed by atoms with E-state index in [1.165, 1.54) is 23.2 Å². The van der Waals surface area contributed by atoms with Gasteiger partial charge in [-0.15, -0.1) is 13.2 Å². The van der Waals surface area contributed by atoms with E-state index in [2.05, 4.69) is 20.4 Å². The highest BCUT2D eigenvalue weighted by Crippen LogP contribution is 2.23. The van der Waals surface area contributed by atoms with E-state index in [1.54, 1.807) is 6.07 Å². The number of amides is 3. The van der Waals surface area contributed by atoms with Crippen molar-refractivity contribution in [3.05, 3.63) is 66.4 Å². The van der Waals surface area contributed by atoms with Crippen molar-refractivity contribution in [2.75, 3.05) is 18.4 Å². The number of benzene rings is 2. The third-order valence-corrected chi connectivity index (χ3v) is 6.86. The largest absolute Gasteiger partial charge is 0.573 e. The number of hydrogen-bond donors (Lipinski definition) is 5. The molecule has 4 rings (SSSR count). The predicted molar refractivity (Wildman–Crippen MR) is 149 cm³/mol. The van der Waals surface area contributed by atoms with E-state index in [9.17, 15) is 27.6 Å². The Morgan fingerprint density at radius 2 is 1.69 bits per heavy atom. The van der Waals surface area contributed by atoms with E-state index in [0.29, 0.717) is 24.3 Å². The third-order valence-electron chi connectivity index (χ3n) is 6.86. The van der Waals surface area contributed by atoms with Crippen molar-refractivity contribution in [2.24, 2.45) is 17.2 Å². The van der Waals surface area contributed by atoms with Gasteiger partial charge in [-0.1, -0.05) is 30.3 Å². The quantitative estimate of drug-likeness (QED) is 0.236. The molecule has 42 heavy (non-hydrogen) atoms. The van der Waals surface area contributed by atoms with Crippen LogP contribution in [0.25, 0.3) is 10.9 Å². The van der Waals surface area contributed by atoms with Gasteiger partial charge in [0.25, 0.3) is 0 Å². The average Bonchev–Trinajstić information content (AvgIpc) is 3.29. The lowest BCUT2D eigenvalue weighted by Crippen LogP contribution is -2.51. The number of anilines is 1. The number of pyridine rings is 1. The topological polar surface area (TPSA) is 179 Å². The fourth-order valence-electron chi connectivity index (χ4n) is 4.55. The van der Waals surface area contributed by atoms with Gasteiger partial charge in [-0.2, -0.15) is 0 Å². The number of rotatable bonds is 10. The number of alkyl halides is 3. The zero-order valence-electron chi connectivity index (χ0n) is 22.5. The zero-order valence-corrected chi connectivity index (χ0v) is 22.5. The van der Waals surface area contributed by atoms with Crippen LogP contribution in [0.4, 0.5) is 18.9 Å². The molecule has 14 heteroatoms. The van der Waals surface area contributed by atoms with Gasteiger partial charge < -0.3 is 37.5 Å². The van der Waals surface area contributed by atoms with Crippen molar-refractivity contribution in [3.8, 4) is 5.75 Å². The molecule has 0 bridgehead atoms. The Labute approximate surface area is 239 Å². The van der Waals surface area contributed by atoms with Gasteiger partial charge in [0.1, 0.15) is 11.8 Å². The second-order valence-corrected chi connectivity index (χ2v) is 10.1. The molecule has 1 saturated heterocycles. The molecule has 224 valence electrons. The molecule has 1 aliphatic heterocycles. The fourth-order valence-corrected chi connectivity index (χ4v) is 4.55. The van der Waals surface area contributed by atoms with Crippen molar-refractivity contribution in [1.82, 2.24) is 15.2 Å². The summed E-state index contributed by atoms with van der Waals surface area (Å²) >= 11 is 0. The number of nitrogens with one attached hydrogen (secondary N) is 2. The molecule has 4 unspecified atom stereocenters. The van der Waals surface area contributed by atoms with Crippen LogP contribution in [-0.2, 0) is 20.8 Å². The highest BCUT2D eigenvalue weighted by atomic mass is 19.4. The summed E-state index contributed by atoms with van der Waals surface area (Å²) in [6, 6.07) is 11.0. The number of aromatic nitrogens is 1. The summed E-state index contributed by atoms with van der Waals surface area (Å²) in [7, 11) is 0. The van der Waals surface area contributed by atoms with Gasteiger partial charge >= 0.3 is 6.36 Å².